The van der Waals surface area contributed by atoms with Crippen LogP contribution in [-0.2, 0) is 11.3 Å². The van der Waals surface area contributed by atoms with Gasteiger partial charge in [0.2, 0.25) is 5.91 Å². The summed E-state index contributed by atoms with van der Waals surface area (Å²) in [5.74, 6) is 0.619. The molecule has 5 heteroatoms. The molecule has 0 spiro atoms. The van der Waals surface area contributed by atoms with Gasteiger partial charge in [0, 0.05) is 19.3 Å². The molecule has 1 aromatic heterocycles. The fourth-order valence-electron chi connectivity index (χ4n) is 1.80. The maximum atomic E-state index is 11.2. The Hall–Kier alpha value is -1.52. The summed E-state index contributed by atoms with van der Waals surface area (Å²) in [6, 6.07) is 0.410. The molecule has 0 aliphatic heterocycles. The first kappa shape index (κ1) is 13.5. The van der Waals surface area contributed by atoms with Gasteiger partial charge in [0.05, 0.1) is 11.9 Å². The van der Waals surface area contributed by atoms with Gasteiger partial charge >= 0.3 is 0 Å². The van der Waals surface area contributed by atoms with Crippen LogP contribution >= 0.6 is 0 Å². The van der Waals surface area contributed by atoms with Crippen molar-refractivity contribution in [2.24, 2.45) is 5.92 Å². The number of hydrogen-bond donors (Lipinski definition) is 2. The average molecular weight is 238 g/mol. The molecule has 0 fully saturated rings. The lowest BCUT2D eigenvalue weighted by Gasteiger charge is -2.15. The second-order valence-corrected chi connectivity index (χ2v) is 4.77. The molecule has 96 valence electrons. The zero-order valence-electron chi connectivity index (χ0n) is 11.0. The monoisotopic (exact) mass is 238 g/mol. The van der Waals surface area contributed by atoms with E-state index in [4.69, 9.17) is 0 Å². The van der Waals surface area contributed by atoms with E-state index in [0.717, 1.165) is 12.1 Å². The van der Waals surface area contributed by atoms with Gasteiger partial charge < -0.3 is 10.6 Å². The van der Waals surface area contributed by atoms with Crippen LogP contribution in [0.1, 0.15) is 27.2 Å². The molecule has 0 saturated heterocycles. The summed E-state index contributed by atoms with van der Waals surface area (Å²) in [5, 5.41) is 10.1. The first-order valence-corrected chi connectivity index (χ1v) is 6.00. The number of amides is 1. The van der Waals surface area contributed by atoms with Crippen molar-refractivity contribution < 1.29 is 4.79 Å². The Bertz CT molecular complexity index is 359. The molecule has 2 N–H and O–H groups in total. The SMILES string of the molecule is CNC(=O)Cn1cc(NC(C)CC(C)C)cn1. The molecule has 1 unspecified atom stereocenters. The predicted molar refractivity (Wildman–Crippen MR) is 68.8 cm³/mol. The summed E-state index contributed by atoms with van der Waals surface area (Å²) in [7, 11) is 1.62. The molecule has 0 bridgehead atoms. The van der Waals surface area contributed by atoms with E-state index in [1.54, 1.807) is 17.9 Å². The van der Waals surface area contributed by atoms with Crippen molar-refractivity contribution in [2.75, 3.05) is 12.4 Å². The Morgan fingerprint density at radius 1 is 1.47 bits per heavy atom. The molecular formula is C12H22N4O. The fourth-order valence-corrected chi connectivity index (χ4v) is 1.80. The highest BCUT2D eigenvalue weighted by molar-refractivity contribution is 5.75. The third-order valence-corrected chi connectivity index (χ3v) is 2.46. The van der Waals surface area contributed by atoms with Crippen molar-refractivity contribution >= 4 is 11.6 Å². The second kappa shape index (κ2) is 6.27. The molecule has 1 rings (SSSR count). The highest BCUT2D eigenvalue weighted by Gasteiger charge is 2.07. The summed E-state index contributed by atoms with van der Waals surface area (Å²) < 4.78 is 1.63. The van der Waals surface area contributed by atoms with E-state index in [9.17, 15) is 4.79 Å². The fraction of sp³-hybridized carbons (Fsp3) is 0.667. The minimum atomic E-state index is -0.0464. The van der Waals surface area contributed by atoms with Crippen LogP contribution in [0.15, 0.2) is 12.4 Å². The quantitative estimate of drug-likeness (QED) is 0.789. The van der Waals surface area contributed by atoms with Gasteiger partial charge in [-0.25, -0.2) is 0 Å². The van der Waals surface area contributed by atoms with Gasteiger partial charge in [-0.15, -0.1) is 0 Å². The third kappa shape index (κ3) is 4.89. The van der Waals surface area contributed by atoms with E-state index in [2.05, 4.69) is 36.5 Å². The number of anilines is 1. The highest BCUT2D eigenvalue weighted by atomic mass is 16.1. The van der Waals surface area contributed by atoms with Gasteiger partial charge in [-0.2, -0.15) is 5.10 Å². The highest BCUT2D eigenvalue weighted by Crippen LogP contribution is 2.11. The van der Waals surface area contributed by atoms with E-state index in [1.165, 1.54) is 0 Å². The predicted octanol–water partition coefficient (Wildman–Crippen LogP) is 1.48. The van der Waals surface area contributed by atoms with Gasteiger partial charge in [0.25, 0.3) is 0 Å². The first-order chi connectivity index (χ1) is 8.01. The van der Waals surface area contributed by atoms with Gasteiger partial charge in [0.1, 0.15) is 6.54 Å². The maximum absolute atomic E-state index is 11.2. The van der Waals surface area contributed by atoms with Crippen LogP contribution in [0, 0.1) is 5.92 Å². The smallest absolute Gasteiger partial charge is 0.241 e. The number of nitrogens with one attached hydrogen (secondary N) is 2. The molecule has 1 heterocycles. The normalized spacial score (nSPS) is 12.5. The molecule has 1 aromatic rings. The number of carbonyl (C=O) groups excluding carboxylic acids is 1. The molecular weight excluding hydrogens is 216 g/mol. The van der Waals surface area contributed by atoms with Crippen LogP contribution < -0.4 is 10.6 Å². The molecule has 17 heavy (non-hydrogen) atoms. The average Bonchev–Trinajstić information content (AvgIpc) is 2.63. The molecule has 0 saturated carbocycles. The molecule has 0 radical (unpaired) electrons. The summed E-state index contributed by atoms with van der Waals surface area (Å²) >= 11 is 0. The standard InChI is InChI=1S/C12H22N4O/c1-9(2)5-10(3)15-11-6-14-16(7-11)8-12(17)13-4/h6-7,9-10,15H,5,8H2,1-4H3,(H,13,17). The van der Waals surface area contributed by atoms with Crippen molar-refractivity contribution in [3.63, 3.8) is 0 Å². The number of likely N-dealkylation sites (N-methyl/N-ethyl adjacent to an activating group) is 1. The Morgan fingerprint density at radius 2 is 2.18 bits per heavy atom. The number of carbonyl (C=O) groups is 1. The lowest BCUT2D eigenvalue weighted by atomic mass is 10.1. The van der Waals surface area contributed by atoms with Crippen molar-refractivity contribution in [1.29, 1.82) is 0 Å². The third-order valence-electron chi connectivity index (χ3n) is 2.46. The first-order valence-electron chi connectivity index (χ1n) is 6.00. The number of hydrogen-bond acceptors (Lipinski definition) is 3. The summed E-state index contributed by atoms with van der Waals surface area (Å²) in [4.78, 5) is 11.2. The molecule has 0 aliphatic rings. The Kier molecular flexibility index (Phi) is 5.00. The molecule has 0 aliphatic carbocycles. The minimum absolute atomic E-state index is 0.0464. The van der Waals surface area contributed by atoms with Gasteiger partial charge in [-0.05, 0) is 19.3 Å². The zero-order valence-corrected chi connectivity index (χ0v) is 11.0. The van der Waals surface area contributed by atoms with Crippen molar-refractivity contribution in [3.8, 4) is 0 Å². The van der Waals surface area contributed by atoms with E-state index in [1.807, 2.05) is 6.20 Å². The Balaban J connectivity index is 2.48. The van der Waals surface area contributed by atoms with E-state index in [-0.39, 0.29) is 12.5 Å². The van der Waals surface area contributed by atoms with Crippen LogP contribution in [0.3, 0.4) is 0 Å². The van der Waals surface area contributed by atoms with Crippen molar-refractivity contribution in [1.82, 2.24) is 15.1 Å². The van der Waals surface area contributed by atoms with E-state index < -0.39 is 0 Å². The lowest BCUT2D eigenvalue weighted by Crippen LogP contribution is -2.23. The minimum Gasteiger partial charge on any atom is -0.380 e. The van der Waals surface area contributed by atoms with Crippen molar-refractivity contribution in [2.45, 2.75) is 39.8 Å². The summed E-state index contributed by atoms with van der Waals surface area (Å²) in [5.41, 5.74) is 0.960. The second-order valence-electron chi connectivity index (χ2n) is 4.77. The summed E-state index contributed by atoms with van der Waals surface area (Å²) in [6.07, 6.45) is 4.71. The van der Waals surface area contributed by atoms with Crippen molar-refractivity contribution in [3.05, 3.63) is 12.4 Å². The number of nitrogens with zero attached hydrogens (tertiary/aromatic N) is 2. The number of aromatic nitrogens is 2. The van der Waals surface area contributed by atoms with Crippen LogP contribution in [-0.4, -0.2) is 28.8 Å². The largest absolute Gasteiger partial charge is 0.380 e. The maximum Gasteiger partial charge on any atom is 0.241 e. The van der Waals surface area contributed by atoms with Crippen LogP contribution in [0.5, 0.6) is 0 Å². The van der Waals surface area contributed by atoms with Gasteiger partial charge in [-0.3, -0.25) is 9.48 Å². The van der Waals surface area contributed by atoms with Gasteiger partial charge in [0.15, 0.2) is 0 Å². The van der Waals surface area contributed by atoms with E-state index in [0.29, 0.717) is 12.0 Å². The molecule has 1 atom stereocenters. The topological polar surface area (TPSA) is 59.0 Å². The van der Waals surface area contributed by atoms with E-state index >= 15 is 0 Å². The van der Waals surface area contributed by atoms with Crippen LogP contribution in [0.2, 0.25) is 0 Å². The summed E-state index contributed by atoms with van der Waals surface area (Å²) in [6.45, 7) is 6.81. The molecule has 1 amide bonds. The van der Waals surface area contributed by atoms with Crippen LogP contribution in [0.25, 0.3) is 0 Å². The Morgan fingerprint density at radius 3 is 2.76 bits per heavy atom. The Labute approximate surface area is 103 Å². The van der Waals surface area contributed by atoms with Crippen LogP contribution in [0.4, 0.5) is 5.69 Å². The lowest BCUT2D eigenvalue weighted by molar-refractivity contribution is -0.121. The zero-order chi connectivity index (χ0) is 12.8. The van der Waals surface area contributed by atoms with Gasteiger partial charge in [-0.1, -0.05) is 13.8 Å². The number of rotatable bonds is 6. The molecule has 0 aromatic carbocycles. The molecule has 5 nitrogen and oxygen atoms in total.